The summed E-state index contributed by atoms with van der Waals surface area (Å²) in [6.45, 7) is 5.47. The second-order valence-corrected chi connectivity index (χ2v) is 7.69. The predicted octanol–water partition coefficient (Wildman–Crippen LogP) is 3.37. The quantitative estimate of drug-likeness (QED) is 0.759. The minimum absolute atomic E-state index is 0.227. The van der Waals surface area contributed by atoms with Gasteiger partial charge in [-0.1, -0.05) is 23.7 Å². The van der Waals surface area contributed by atoms with Crippen LogP contribution in [0.25, 0.3) is 10.2 Å². The van der Waals surface area contributed by atoms with Crippen molar-refractivity contribution in [3.63, 3.8) is 0 Å². The fraction of sp³-hybridized carbons (Fsp3) is 0.278. The number of halogens is 1. The van der Waals surface area contributed by atoms with Gasteiger partial charge in [-0.2, -0.15) is 0 Å². The number of thiophene rings is 1. The van der Waals surface area contributed by atoms with E-state index in [1.807, 2.05) is 32.0 Å². The third-order valence-corrected chi connectivity index (χ3v) is 5.69. The standard InChI is InChI=1S/C18H18ClN3O2S/c1-9-11(3)25-17-15(9)18(24)22(10(2)16(20)23)14(21-17)8-12-5-4-6-13(19)7-12/h4-7,10H,8H2,1-3H3,(H2,20,23). The molecule has 1 amide bonds. The van der Waals surface area contributed by atoms with E-state index in [0.717, 1.165) is 16.0 Å². The van der Waals surface area contributed by atoms with Gasteiger partial charge in [-0.3, -0.25) is 14.2 Å². The Labute approximate surface area is 154 Å². The Morgan fingerprint density at radius 2 is 2.12 bits per heavy atom. The molecule has 1 atom stereocenters. The summed E-state index contributed by atoms with van der Waals surface area (Å²) in [6, 6.07) is 6.58. The van der Waals surface area contributed by atoms with E-state index >= 15 is 0 Å². The first kappa shape index (κ1) is 17.6. The van der Waals surface area contributed by atoms with Gasteiger partial charge in [0.2, 0.25) is 5.91 Å². The van der Waals surface area contributed by atoms with Crippen LogP contribution in [0.2, 0.25) is 5.02 Å². The van der Waals surface area contributed by atoms with Crippen molar-refractivity contribution in [1.82, 2.24) is 9.55 Å². The van der Waals surface area contributed by atoms with E-state index in [-0.39, 0.29) is 5.56 Å². The lowest BCUT2D eigenvalue weighted by Crippen LogP contribution is -2.35. The Balaban J connectivity index is 2.27. The lowest BCUT2D eigenvalue weighted by Gasteiger charge is -2.17. The molecule has 2 N–H and O–H groups in total. The normalized spacial score (nSPS) is 12.5. The van der Waals surface area contributed by atoms with Gasteiger partial charge < -0.3 is 5.73 Å². The van der Waals surface area contributed by atoms with Crippen LogP contribution in [0.5, 0.6) is 0 Å². The zero-order chi connectivity index (χ0) is 18.3. The van der Waals surface area contributed by atoms with Gasteiger partial charge >= 0.3 is 0 Å². The minimum atomic E-state index is -0.779. The monoisotopic (exact) mass is 375 g/mol. The molecule has 130 valence electrons. The largest absolute Gasteiger partial charge is 0.368 e. The number of rotatable bonds is 4. The number of amides is 1. The number of hydrogen-bond donors (Lipinski definition) is 1. The number of carbonyl (C=O) groups is 1. The first-order chi connectivity index (χ1) is 11.8. The summed E-state index contributed by atoms with van der Waals surface area (Å²) in [5.74, 6) is -0.0625. The molecule has 0 saturated heterocycles. The molecule has 1 unspecified atom stereocenters. The van der Waals surface area contributed by atoms with Gasteiger partial charge in [0, 0.05) is 16.3 Å². The molecule has 0 aliphatic carbocycles. The van der Waals surface area contributed by atoms with E-state index in [2.05, 4.69) is 4.98 Å². The molecule has 0 aliphatic heterocycles. The number of hydrogen-bond acceptors (Lipinski definition) is 4. The van der Waals surface area contributed by atoms with Gasteiger partial charge in [0.15, 0.2) is 0 Å². The Kier molecular flexibility index (Phi) is 4.67. The molecule has 0 fully saturated rings. The minimum Gasteiger partial charge on any atom is -0.368 e. The molecule has 0 radical (unpaired) electrons. The van der Waals surface area contributed by atoms with Crippen molar-refractivity contribution >= 4 is 39.1 Å². The zero-order valence-electron chi connectivity index (χ0n) is 14.2. The van der Waals surface area contributed by atoms with Crippen molar-refractivity contribution in [2.75, 3.05) is 0 Å². The van der Waals surface area contributed by atoms with E-state index in [4.69, 9.17) is 17.3 Å². The maximum absolute atomic E-state index is 13.1. The lowest BCUT2D eigenvalue weighted by molar-refractivity contribution is -0.120. The van der Waals surface area contributed by atoms with Crippen LogP contribution in [-0.2, 0) is 11.2 Å². The summed E-state index contributed by atoms with van der Waals surface area (Å²) in [6.07, 6.45) is 0.388. The Morgan fingerprint density at radius 3 is 2.76 bits per heavy atom. The number of nitrogens with two attached hydrogens (primary N) is 1. The van der Waals surface area contributed by atoms with E-state index in [1.165, 1.54) is 15.9 Å². The molecule has 3 aromatic rings. The van der Waals surface area contributed by atoms with Crippen LogP contribution in [0.1, 0.15) is 34.8 Å². The fourth-order valence-electron chi connectivity index (χ4n) is 2.83. The molecule has 7 heteroatoms. The number of nitrogens with zero attached hydrogens (tertiary/aromatic N) is 2. The molecule has 5 nitrogen and oxygen atoms in total. The van der Waals surface area contributed by atoms with Crippen molar-refractivity contribution < 1.29 is 4.79 Å². The molecule has 2 heterocycles. The fourth-order valence-corrected chi connectivity index (χ4v) is 4.08. The summed E-state index contributed by atoms with van der Waals surface area (Å²) >= 11 is 7.54. The molecule has 1 aromatic carbocycles. The second-order valence-electron chi connectivity index (χ2n) is 6.05. The van der Waals surface area contributed by atoms with Crippen LogP contribution in [0.3, 0.4) is 0 Å². The van der Waals surface area contributed by atoms with E-state index < -0.39 is 11.9 Å². The van der Waals surface area contributed by atoms with E-state index in [1.54, 1.807) is 13.0 Å². The molecule has 0 spiro atoms. The van der Waals surface area contributed by atoms with Crippen LogP contribution in [0, 0.1) is 13.8 Å². The van der Waals surface area contributed by atoms with E-state index in [9.17, 15) is 9.59 Å². The highest BCUT2D eigenvalue weighted by molar-refractivity contribution is 7.18. The maximum Gasteiger partial charge on any atom is 0.263 e. The van der Waals surface area contributed by atoms with Crippen molar-refractivity contribution in [3.8, 4) is 0 Å². The van der Waals surface area contributed by atoms with Crippen LogP contribution in [-0.4, -0.2) is 15.5 Å². The topological polar surface area (TPSA) is 78.0 Å². The van der Waals surface area contributed by atoms with Crippen LogP contribution in [0.4, 0.5) is 0 Å². The van der Waals surface area contributed by atoms with Crippen molar-refractivity contribution in [2.45, 2.75) is 33.2 Å². The second kappa shape index (κ2) is 6.61. The Morgan fingerprint density at radius 1 is 1.40 bits per heavy atom. The SMILES string of the molecule is Cc1sc2nc(Cc3cccc(Cl)c3)n(C(C)C(N)=O)c(=O)c2c1C. The smallest absolute Gasteiger partial charge is 0.263 e. The number of primary amides is 1. The number of aryl methyl sites for hydroxylation is 2. The highest BCUT2D eigenvalue weighted by atomic mass is 35.5. The van der Waals surface area contributed by atoms with E-state index in [0.29, 0.717) is 27.5 Å². The average Bonchev–Trinajstić information content (AvgIpc) is 2.81. The molecule has 0 aliphatic rings. The molecule has 0 saturated carbocycles. The highest BCUT2D eigenvalue weighted by Gasteiger charge is 2.22. The maximum atomic E-state index is 13.1. The van der Waals surface area contributed by atoms with Gasteiger partial charge in [-0.05, 0) is 44.0 Å². The summed E-state index contributed by atoms with van der Waals surface area (Å²) in [5, 5.41) is 1.17. The van der Waals surface area contributed by atoms with Crippen LogP contribution < -0.4 is 11.3 Å². The predicted molar refractivity (Wildman–Crippen MR) is 102 cm³/mol. The van der Waals surface area contributed by atoms with Gasteiger partial charge in [0.1, 0.15) is 16.7 Å². The Bertz CT molecular complexity index is 1040. The van der Waals surface area contributed by atoms with Crippen molar-refractivity contribution in [3.05, 3.63) is 61.5 Å². The molecule has 25 heavy (non-hydrogen) atoms. The molecule has 3 rings (SSSR count). The van der Waals surface area contributed by atoms with Crippen LogP contribution in [0.15, 0.2) is 29.1 Å². The first-order valence-electron chi connectivity index (χ1n) is 7.84. The molecular weight excluding hydrogens is 358 g/mol. The average molecular weight is 376 g/mol. The van der Waals surface area contributed by atoms with Crippen LogP contribution >= 0.6 is 22.9 Å². The first-order valence-corrected chi connectivity index (χ1v) is 9.04. The summed E-state index contributed by atoms with van der Waals surface area (Å²) in [4.78, 5) is 31.2. The molecule has 0 bridgehead atoms. The number of carbonyl (C=O) groups excluding carboxylic acids is 1. The number of aromatic nitrogens is 2. The molecule has 2 aromatic heterocycles. The number of benzene rings is 1. The molecular formula is C18H18ClN3O2S. The van der Waals surface area contributed by atoms with Gasteiger partial charge in [-0.25, -0.2) is 4.98 Å². The summed E-state index contributed by atoms with van der Waals surface area (Å²) in [7, 11) is 0. The third-order valence-electron chi connectivity index (χ3n) is 4.36. The van der Waals surface area contributed by atoms with Crippen molar-refractivity contribution in [2.24, 2.45) is 5.73 Å². The zero-order valence-corrected chi connectivity index (χ0v) is 15.7. The summed E-state index contributed by atoms with van der Waals surface area (Å²) in [5.41, 5.74) is 7.05. The summed E-state index contributed by atoms with van der Waals surface area (Å²) < 4.78 is 1.41. The Hall–Kier alpha value is -2.18. The lowest BCUT2D eigenvalue weighted by atomic mass is 10.1. The highest BCUT2D eigenvalue weighted by Crippen LogP contribution is 2.27. The van der Waals surface area contributed by atoms with Gasteiger partial charge in [0.25, 0.3) is 5.56 Å². The van der Waals surface area contributed by atoms with Gasteiger partial charge in [-0.15, -0.1) is 11.3 Å². The van der Waals surface area contributed by atoms with Gasteiger partial charge in [0.05, 0.1) is 5.39 Å². The van der Waals surface area contributed by atoms with Crippen molar-refractivity contribution in [1.29, 1.82) is 0 Å². The third kappa shape index (κ3) is 3.19. The number of fused-ring (bicyclic) bond motifs is 1.